The molecule has 1 heterocycles. The summed E-state index contributed by atoms with van der Waals surface area (Å²) in [6.07, 6.45) is 2.65. The quantitative estimate of drug-likeness (QED) is 0.677. The van der Waals surface area contributed by atoms with Crippen molar-refractivity contribution < 1.29 is 4.79 Å². The van der Waals surface area contributed by atoms with Crippen LogP contribution in [0.4, 0.5) is 10.9 Å². The Kier molecular flexibility index (Phi) is 4.96. The molecule has 1 aromatic rings. The highest BCUT2D eigenvalue weighted by Gasteiger charge is 2.16. The van der Waals surface area contributed by atoms with Crippen molar-refractivity contribution in [3.05, 3.63) is 17.5 Å². The van der Waals surface area contributed by atoms with E-state index in [1.165, 1.54) is 11.3 Å². The summed E-state index contributed by atoms with van der Waals surface area (Å²) in [5, 5.41) is 6.55. The first-order chi connectivity index (χ1) is 8.08. The second-order valence-electron chi connectivity index (χ2n) is 3.66. The van der Waals surface area contributed by atoms with Gasteiger partial charge in [0.2, 0.25) is 0 Å². The molecule has 1 unspecified atom stereocenters. The zero-order chi connectivity index (χ0) is 12.8. The highest BCUT2D eigenvalue weighted by Crippen LogP contribution is 2.24. The SMILES string of the molecule is C=CC(C)NC(=O)c1sc(NCCC)nc1N. The molecule has 1 aromatic heterocycles. The second kappa shape index (κ2) is 6.24. The largest absolute Gasteiger partial charge is 0.382 e. The van der Waals surface area contributed by atoms with Gasteiger partial charge in [-0.05, 0) is 13.3 Å². The van der Waals surface area contributed by atoms with Crippen LogP contribution in [0.5, 0.6) is 0 Å². The van der Waals surface area contributed by atoms with Gasteiger partial charge in [-0.15, -0.1) is 6.58 Å². The molecule has 0 aliphatic rings. The summed E-state index contributed by atoms with van der Waals surface area (Å²) in [4.78, 5) is 16.4. The Morgan fingerprint density at radius 2 is 2.41 bits per heavy atom. The van der Waals surface area contributed by atoms with Crippen molar-refractivity contribution in [2.75, 3.05) is 17.6 Å². The Morgan fingerprint density at radius 1 is 1.71 bits per heavy atom. The molecule has 0 saturated heterocycles. The standard InChI is InChI=1S/C11H18N4OS/c1-4-6-13-11-15-9(12)8(17-11)10(16)14-7(3)5-2/h5,7H,2,4,6,12H2,1,3H3,(H,13,15)(H,14,16). The molecule has 0 radical (unpaired) electrons. The second-order valence-corrected chi connectivity index (χ2v) is 4.66. The van der Waals surface area contributed by atoms with Crippen LogP contribution in [0.2, 0.25) is 0 Å². The Labute approximate surface area is 105 Å². The van der Waals surface area contributed by atoms with E-state index in [1.54, 1.807) is 6.08 Å². The van der Waals surface area contributed by atoms with Crippen molar-refractivity contribution in [2.45, 2.75) is 26.3 Å². The predicted octanol–water partition coefficient (Wildman–Crippen LogP) is 1.85. The average Bonchev–Trinajstić information content (AvgIpc) is 2.67. The zero-order valence-electron chi connectivity index (χ0n) is 10.1. The molecule has 6 heteroatoms. The van der Waals surface area contributed by atoms with Gasteiger partial charge in [-0.1, -0.05) is 24.3 Å². The fourth-order valence-electron chi connectivity index (χ4n) is 1.13. The molecule has 94 valence electrons. The summed E-state index contributed by atoms with van der Waals surface area (Å²) in [5.74, 6) is 0.0549. The first kappa shape index (κ1) is 13.5. The van der Waals surface area contributed by atoms with E-state index >= 15 is 0 Å². The maximum atomic E-state index is 11.8. The van der Waals surface area contributed by atoms with Crippen molar-refractivity contribution in [1.82, 2.24) is 10.3 Å². The van der Waals surface area contributed by atoms with Gasteiger partial charge in [0.1, 0.15) is 10.7 Å². The number of hydrogen-bond acceptors (Lipinski definition) is 5. The molecule has 0 spiro atoms. The van der Waals surface area contributed by atoms with Gasteiger partial charge in [0, 0.05) is 12.6 Å². The van der Waals surface area contributed by atoms with Crippen LogP contribution in [0.15, 0.2) is 12.7 Å². The topological polar surface area (TPSA) is 80.0 Å². The monoisotopic (exact) mass is 254 g/mol. The number of hydrogen-bond donors (Lipinski definition) is 3. The van der Waals surface area contributed by atoms with Gasteiger partial charge in [-0.25, -0.2) is 4.98 Å². The minimum Gasteiger partial charge on any atom is -0.382 e. The molecular formula is C11H18N4OS. The van der Waals surface area contributed by atoms with Gasteiger partial charge < -0.3 is 16.4 Å². The summed E-state index contributed by atoms with van der Waals surface area (Å²) >= 11 is 1.27. The molecule has 1 atom stereocenters. The lowest BCUT2D eigenvalue weighted by Gasteiger charge is -2.07. The lowest BCUT2D eigenvalue weighted by molar-refractivity contribution is 0.0951. The Morgan fingerprint density at radius 3 is 3.00 bits per heavy atom. The van der Waals surface area contributed by atoms with E-state index in [9.17, 15) is 4.79 Å². The Bertz CT molecular complexity index is 402. The number of aromatic nitrogens is 1. The van der Waals surface area contributed by atoms with Crippen LogP contribution in [0, 0.1) is 0 Å². The van der Waals surface area contributed by atoms with Crippen LogP contribution in [-0.2, 0) is 0 Å². The van der Waals surface area contributed by atoms with Crippen molar-refractivity contribution in [3.8, 4) is 0 Å². The molecule has 1 rings (SSSR count). The van der Waals surface area contributed by atoms with Crippen molar-refractivity contribution in [2.24, 2.45) is 0 Å². The Hall–Kier alpha value is -1.56. The molecule has 0 aliphatic heterocycles. The third kappa shape index (κ3) is 3.74. The van der Waals surface area contributed by atoms with Gasteiger partial charge in [-0.3, -0.25) is 4.79 Å². The third-order valence-corrected chi connectivity index (χ3v) is 3.13. The van der Waals surface area contributed by atoms with Gasteiger partial charge in [-0.2, -0.15) is 0 Å². The molecule has 0 aliphatic carbocycles. The lowest BCUT2D eigenvalue weighted by atomic mass is 10.3. The van der Waals surface area contributed by atoms with Crippen LogP contribution in [0.1, 0.15) is 29.9 Å². The average molecular weight is 254 g/mol. The molecule has 17 heavy (non-hydrogen) atoms. The molecular weight excluding hydrogens is 236 g/mol. The number of nitrogens with zero attached hydrogens (tertiary/aromatic N) is 1. The summed E-state index contributed by atoms with van der Waals surface area (Å²) in [6.45, 7) is 8.33. The van der Waals surface area contributed by atoms with Gasteiger partial charge in [0.15, 0.2) is 5.13 Å². The summed E-state index contributed by atoms with van der Waals surface area (Å²) in [5.41, 5.74) is 5.70. The van der Waals surface area contributed by atoms with E-state index in [0.29, 0.717) is 10.0 Å². The molecule has 0 saturated carbocycles. The number of nitrogens with two attached hydrogens (primary N) is 1. The molecule has 0 fully saturated rings. The van der Waals surface area contributed by atoms with E-state index in [4.69, 9.17) is 5.73 Å². The number of rotatable bonds is 6. The summed E-state index contributed by atoms with van der Waals surface area (Å²) < 4.78 is 0. The number of nitrogens with one attached hydrogen (secondary N) is 2. The minimum atomic E-state index is -0.211. The maximum Gasteiger partial charge on any atom is 0.265 e. The molecule has 0 bridgehead atoms. The predicted molar refractivity (Wildman–Crippen MR) is 72.4 cm³/mol. The van der Waals surface area contributed by atoms with Crippen molar-refractivity contribution in [3.63, 3.8) is 0 Å². The van der Waals surface area contributed by atoms with E-state index in [0.717, 1.165) is 13.0 Å². The molecule has 1 amide bonds. The summed E-state index contributed by atoms with van der Waals surface area (Å²) in [7, 11) is 0. The zero-order valence-corrected chi connectivity index (χ0v) is 10.9. The maximum absolute atomic E-state index is 11.8. The van der Waals surface area contributed by atoms with E-state index in [-0.39, 0.29) is 17.8 Å². The van der Waals surface area contributed by atoms with Crippen LogP contribution in [0.25, 0.3) is 0 Å². The van der Waals surface area contributed by atoms with Crippen LogP contribution in [0.3, 0.4) is 0 Å². The number of amides is 1. The number of carbonyl (C=O) groups excluding carboxylic acids is 1. The van der Waals surface area contributed by atoms with E-state index in [1.807, 2.05) is 6.92 Å². The van der Waals surface area contributed by atoms with Crippen LogP contribution in [-0.4, -0.2) is 23.5 Å². The summed E-state index contributed by atoms with van der Waals surface area (Å²) in [6, 6.07) is -0.0870. The van der Waals surface area contributed by atoms with E-state index < -0.39 is 0 Å². The lowest BCUT2D eigenvalue weighted by Crippen LogP contribution is -2.30. The van der Waals surface area contributed by atoms with Gasteiger partial charge in [0.05, 0.1) is 0 Å². The number of carbonyl (C=O) groups is 1. The minimum absolute atomic E-state index is 0.0870. The highest BCUT2D eigenvalue weighted by atomic mass is 32.1. The van der Waals surface area contributed by atoms with Gasteiger partial charge >= 0.3 is 0 Å². The number of nitrogen functional groups attached to an aromatic ring is 1. The molecule has 5 nitrogen and oxygen atoms in total. The first-order valence-corrected chi connectivity index (χ1v) is 6.33. The number of anilines is 2. The van der Waals surface area contributed by atoms with E-state index in [2.05, 4.69) is 29.1 Å². The van der Waals surface area contributed by atoms with Crippen LogP contribution >= 0.6 is 11.3 Å². The Balaban J connectivity index is 2.73. The normalized spacial score (nSPS) is 11.9. The highest BCUT2D eigenvalue weighted by molar-refractivity contribution is 7.18. The van der Waals surface area contributed by atoms with Crippen molar-refractivity contribution >= 4 is 28.2 Å². The third-order valence-electron chi connectivity index (χ3n) is 2.10. The smallest absolute Gasteiger partial charge is 0.265 e. The van der Waals surface area contributed by atoms with Gasteiger partial charge in [0.25, 0.3) is 5.91 Å². The molecule has 4 N–H and O–H groups in total. The van der Waals surface area contributed by atoms with Crippen molar-refractivity contribution in [1.29, 1.82) is 0 Å². The van der Waals surface area contributed by atoms with Crippen LogP contribution < -0.4 is 16.4 Å². The fraction of sp³-hybridized carbons (Fsp3) is 0.455. The number of thiazole rings is 1. The fourth-order valence-corrected chi connectivity index (χ4v) is 1.95. The molecule has 0 aromatic carbocycles. The first-order valence-electron chi connectivity index (χ1n) is 5.52.